The zero-order valence-electron chi connectivity index (χ0n) is 8.97. The smallest absolute Gasteiger partial charge is 0.142 e. The Morgan fingerprint density at radius 1 is 1.44 bits per heavy atom. The van der Waals surface area contributed by atoms with Gasteiger partial charge in [-0.1, -0.05) is 6.07 Å². The third kappa shape index (κ3) is 2.30. The van der Waals surface area contributed by atoms with Gasteiger partial charge in [0.05, 0.1) is 6.10 Å². The van der Waals surface area contributed by atoms with Gasteiger partial charge >= 0.3 is 0 Å². The van der Waals surface area contributed by atoms with Gasteiger partial charge in [0.25, 0.3) is 0 Å². The summed E-state index contributed by atoms with van der Waals surface area (Å²) in [7, 11) is 0. The predicted molar refractivity (Wildman–Crippen MR) is 59.5 cm³/mol. The van der Waals surface area contributed by atoms with Crippen molar-refractivity contribution < 1.29 is 4.84 Å². The fourth-order valence-corrected chi connectivity index (χ4v) is 1.88. The molecule has 0 amide bonds. The van der Waals surface area contributed by atoms with Crippen LogP contribution in [-0.4, -0.2) is 24.2 Å². The molecule has 1 saturated heterocycles. The Bertz CT molecular complexity index is 393. The molecule has 1 aromatic rings. The number of rotatable bonds is 2. The highest BCUT2D eigenvalue weighted by atomic mass is 16.6. The first-order valence-electron chi connectivity index (χ1n) is 5.31. The van der Waals surface area contributed by atoms with Gasteiger partial charge in [0.2, 0.25) is 0 Å². The van der Waals surface area contributed by atoms with Crippen LogP contribution in [0, 0.1) is 11.3 Å². The summed E-state index contributed by atoms with van der Waals surface area (Å²) in [6, 6.07) is 7.53. The molecule has 0 bridgehead atoms. The van der Waals surface area contributed by atoms with Crippen LogP contribution in [0.2, 0.25) is 0 Å². The summed E-state index contributed by atoms with van der Waals surface area (Å²) in [4.78, 5) is 11.2. The summed E-state index contributed by atoms with van der Waals surface area (Å²) < 4.78 is 0. The Balaban J connectivity index is 2.05. The first-order valence-corrected chi connectivity index (χ1v) is 5.31. The first-order chi connectivity index (χ1) is 7.83. The number of nitrogens with two attached hydrogens (primary N) is 1. The van der Waals surface area contributed by atoms with Gasteiger partial charge in [-0.2, -0.15) is 5.26 Å². The van der Waals surface area contributed by atoms with Crippen LogP contribution in [0.1, 0.15) is 18.5 Å². The lowest BCUT2D eigenvalue weighted by Crippen LogP contribution is -2.38. The second kappa shape index (κ2) is 4.92. The fraction of sp³-hybridized carbons (Fsp3) is 0.455. The van der Waals surface area contributed by atoms with Crippen LogP contribution in [0.4, 0.5) is 5.82 Å². The monoisotopic (exact) mass is 218 g/mol. The van der Waals surface area contributed by atoms with Crippen LogP contribution < -0.4 is 10.8 Å². The molecule has 2 heterocycles. The summed E-state index contributed by atoms with van der Waals surface area (Å²) in [5.74, 6) is 6.01. The predicted octanol–water partition coefficient (Wildman–Crippen LogP) is 0.812. The molecule has 0 radical (unpaired) electrons. The third-order valence-electron chi connectivity index (χ3n) is 2.81. The van der Waals surface area contributed by atoms with Crippen molar-refractivity contribution in [2.24, 2.45) is 5.90 Å². The van der Waals surface area contributed by atoms with E-state index >= 15 is 0 Å². The molecule has 5 nitrogen and oxygen atoms in total. The quantitative estimate of drug-likeness (QED) is 0.743. The highest BCUT2D eigenvalue weighted by molar-refractivity contribution is 5.41. The van der Waals surface area contributed by atoms with E-state index in [1.807, 2.05) is 18.2 Å². The van der Waals surface area contributed by atoms with Crippen molar-refractivity contribution in [1.29, 1.82) is 5.26 Å². The molecule has 1 fully saturated rings. The Morgan fingerprint density at radius 2 is 2.19 bits per heavy atom. The van der Waals surface area contributed by atoms with Gasteiger partial charge in [-0.25, -0.2) is 10.9 Å². The summed E-state index contributed by atoms with van der Waals surface area (Å²) in [6.07, 6.45) is 1.94. The Labute approximate surface area is 94.4 Å². The van der Waals surface area contributed by atoms with Crippen molar-refractivity contribution in [1.82, 2.24) is 4.98 Å². The molecule has 84 valence electrons. The van der Waals surface area contributed by atoms with Crippen molar-refractivity contribution >= 4 is 5.82 Å². The van der Waals surface area contributed by atoms with Crippen LogP contribution in [0.3, 0.4) is 0 Å². The molecule has 1 aromatic heterocycles. The standard InChI is InChI=1S/C11H14N4O/c12-8-9-2-1-3-11(14-9)15-6-4-10(16-13)5-7-15/h1-3,10H,4-7,13H2. The molecule has 5 heteroatoms. The lowest BCUT2D eigenvalue weighted by atomic mass is 10.1. The molecule has 0 aliphatic carbocycles. The van der Waals surface area contributed by atoms with Gasteiger partial charge in [-0.3, -0.25) is 0 Å². The normalized spacial score (nSPS) is 17.1. The zero-order chi connectivity index (χ0) is 11.4. The van der Waals surface area contributed by atoms with Gasteiger partial charge in [0, 0.05) is 13.1 Å². The average Bonchev–Trinajstić information content (AvgIpc) is 2.39. The van der Waals surface area contributed by atoms with E-state index in [-0.39, 0.29) is 6.10 Å². The van der Waals surface area contributed by atoms with E-state index in [4.69, 9.17) is 16.0 Å². The largest absolute Gasteiger partial charge is 0.356 e. The lowest BCUT2D eigenvalue weighted by Gasteiger charge is -2.31. The molecule has 0 atom stereocenters. The molecule has 0 unspecified atom stereocenters. The fourth-order valence-electron chi connectivity index (χ4n) is 1.88. The summed E-state index contributed by atoms with van der Waals surface area (Å²) >= 11 is 0. The van der Waals surface area contributed by atoms with Crippen LogP contribution in [0.15, 0.2) is 18.2 Å². The minimum Gasteiger partial charge on any atom is -0.356 e. The number of hydrogen-bond acceptors (Lipinski definition) is 5. The van der Waals surface area contributed by atoms with Crippen LogP contribution in [0.5, 0.6) is 0 Å². The molecule has 16 heavy (non-hydrogen) atoms. The Morgan fingerprint density at radius 3 is 2.81 bits per heavy atom. The minimum atomic E-state index is 0.149. The minimum absolute atomic E-state index is 0.149. The molecular formula is C11H14N4O. The van der Waals surface area contributed by atoms with Crippen LogP contribution >= 0.6 is 0 Å². The zero-order valence-corrected chi connectivity index (χ0v) is 8.97. The first kappa shape index (κ1) is 10.9. The SMILES string of the molecule is N#Cc1cccc(N2CCC(ON)CC2)n1. The second-order valence-electron chi connectivity index (χ2n) is 3.82. The average molecular weight is 218 g/mol. The van der Waals surface area contributed by atoms with Gasteiger partial charge in [0.15, 0.2) is 0 Å². The van der Waals surface area contributed by atoms with Gasteiger partial charge < -0.3 is 9.74 Å². The maximum atomic E-state index is 8.77. The number of piperidine rings is 1. The summed E-state index contributed by atoms with van der Waals surface area (Å²) in [5.41, 5.74) is 0.453. The van der Waals surface area contributed by atoms with E-state index < -0.39 is 0 Å². The van der Waals surface area contributed by atoms with Gasteiger partial charge in [-0.05, 0) is 25.0 Å². The molecule has 1 aliphatic rings. The topological polar surface area (TPSA) is 75.2 Å². The molecule has 2 N–H and O–H groups in total. The second-order valence-corrected chi connectivity index (χ2v) is 3.82. The van der Waals surface area contributed by atoms with Crippen LogP contribution in [-0.2, 0) is 4.84 Å². The van der Waals surface area contributed by atoms with E-state index in [2.05, 4.69) is 9.88 Å². The van der Waals surface area contributed by atoms with Gasteiger partial charge in [0.1, 0.15) is 17.6 Å². The van der Waals surface area contributed by atoms with E-state index in [1.165, 1.54) is 0 Å². The number of anilines is 1. The number of hydrogen-bond donors (Lipinski definition) is 1. The highest BCUT2D eigenvalue weighted by Gasteiger charge is 2.20. The van der Waals surface area contributed by atoms with Crippen molar-refractivity contribution in [3.63, 3.8) is 0 Å². The van der Waals surface area contributed by atoms with Gasteiger partial charge in [-0.15, -0.1) is 0 Å². The number of nitrogens with zero attached hydrogens (tertiary/aromatic N) is 3. The third-order valence-corrected chi connectivity index (χ3v) is 2.81. The maximum Gasteiger partial charge on any atom is 0.142 e. The summed E-state index contributed by atoms with van der Waals surface area (Å²) in [5, 5.41) is 8.77. The highest BCUT2D eigenvalue weighted by Crippen LogP contribution is 2.18. The molecule has 0 saturated carbocycles. The number of nitriles is 1. The molecule has 0 aromatic carbocycles. The maximum absolute atomic E-state index is 8.77. The van der Waals surface area contributed by atoms with Crippen molar-refractivity contribution in [3.05, 3.63) is 23.9 Å². The van der Waals surface area contributed by atoms with Crippen molar-refractivity contribution in [3.8, 4) is 6.07 Å². The molecule has 0 spiro atoms. The number of pyridine rings is 1. The Hall–Kier alpha value is -1.64. The number of aromatic nitrogens is 1. The van der Waals surface area contributed by atoms with E-state index in [0.717, 1.165) is 31.7 Å². The van der Waals surface area contributed by atoms with E-state index in [1.54, 1.807) is 6.07 Å². The lowest BCUT2D eigenvalue weighted by molar-refractivity contribution is 0.0367. The van der Waals surface area contributed by atoms with Crippen molar-refractivity contribution in [2.75, 3.05) is 18.0 Å². The van der Waals surface area contributed by atoms with E-state index in [9.17, 15) is 0 Å². The molecular weight excluding hydrogens is 204 g/mol. The van der Waals surface area contributed by atoms with Crippen molar-refractivity contribution in [2.45, 2.75) is 18.9 Å². The molecule has 2 rings (SSSR count). The van der Waals surface area contributed by atoms with E-state index in [0.29, 0.717) is 5.69 Å². The van der Waals surface area contributed by atoms with Crippen LogP contribution in [0.25, 0.3) is 0 Å². The summed E-state index contributed by atoms with van der Waals surface area (Å²) in [6.45, 7) is 1.73. The Kier molecular flexibility index (Phi) is 3.34. The molecule has 1 aliphatic heterocycles.